The Morgan fingerprint density at radius 2 is 1.36 bits per heavy atom. The molecule has 1 unspecified atom stereocenters. The van der Waals surface area contributed by atoms with Gasteiger partial charge in [0.1, 0.15) is 0 Å². The highest BCUT2D eigenvalue weighted by atomic mass is 15.1. The van der Waals surface area contributed by atoms with Crippen LogP contribution in [0.15, 0.2) is 181 Å². The molecule has 3 aromatic rings. The highest BCUT2D eigenvalue weighted by Gasteiger charge is 2.21. The van der Waals surface area contributed by atoms with E-state index in [-0.39, 0.29) is 0 Å². The van der Waals surface area contributed by atoms with E-state index in [2.05, 4.69) is 157 Å². The van der Waals surface area contributed by atoms with E-state index >= 15 is 0 Å². The van der Waals surface area contributed by atoms with Gasteiger partial charge in [0.2, 0.25) is 0 Å². The standard InChI is InChI=1S/C43H41N/c1-2-3-4-5-14-32-44(40-28-24-35(25-29-40)34-16-8-6-9-17-34)41-30-26-36(27-31-41)38-20-15-21-39(33-38)43-23-13-12-22-42(43)37-18-10-7-11-19-37/h2-10,13-18,20,23-33,39H,11-12,19,21-22H2,1H3/b3-2-,5-4-,32-14+. The number of benzene rings is 3. The zero-order valence-electron chi connectivity index (χ0n) is 25.6. The minimum atomic E-state index is 0.416. The number of rotatable bonds is 9. The second kappa shape index (κ2) is 14.5. The van der Waals surface area contributed by atoms with Gasteiger partial charge in [0, 0.05) is 23.5 Å². The molecular weight excluding hydrogens is 530 g/mol. The van der Waals surface area contributed by atoms with E-state index in [0.29, 0.717) is 5.92 Å². The fraction of sp³-hybridized carbons (Fsp3) is 0.163. The van der Waals surface area contributed by atoms with E-state index in [4.69, 9.17) is 0 Å². The Labute approximate surface area is 263 Å². The van der Waals surface area contributed by atoms with Crippen LogP contribution in [-0.4, -0.2) is 0 Å². The maximum Gasteiger partial charge on any atom is 0.0455 e. The first kappa shape index (κ1) is 29.2. The molecule has 0 saturated heterocycles. The van der Waals surface area contributed by atoms with Gasteiger partial charge in [-0.2, -0.15) is 0 Å². The Bertz CT molecular complexity index is 1700. The van der Waals surface area contributed by atoms with E-state index in [9.17, 15) is 0 Å². The number of hydrogen-bond acceptors (Lipinski definition) is 1. The summed E-state index contributed by atoms with van der Waals surface area (Å²) in [7, 11) is 0. The summed E-state index contributed by atoms with van der Waals surface area (Å²) in [5.74, 6) is 0.416. The van der Waals surface area contributed by atoms with Crippen molar-refractivity contribution in [3.05, 3.63) is 186 Å². The van der Waals surface area contributed by atoms with E-state index in [0.717, 1.165) is 43.5 Å². The quantitative estimate of drug-likeness (QED) is 0.231. The van der Waals surface area contributed by atoms with Crippen molar-refractivity contribution in [3.63, 3.8) is 0 Å². The summed E-state index contributed by atoms with van der Waals surface area (Å²) in [4.78, 5) is 2.25. The molecule has 0 spiro atoms. The Balaban J connectivity index is 1.27. The summed E-state index contributed by atoms with van der Waals surface area (Å²) in [6, 6.07) is 28.4. The fourth-order valence-electron chi connectivity index (χ4n) is 6.28. The van der Waals surface area contributed by atoms with E-state index in [1.165, 1.54) is 33.4 Å². The van der Waals surface area contributed by atoms with Crippen LogP contribution >= 0.6 is 0 Å². The minimum absolute atomic E-state index is 0.416. The minimum Gasteiger partial charge on any atom is -0.317 e. The van der Waals surface area contributed by atoms with E-state index in [1.807, 2.05) is 19.1 Å². The topological polar surface area (TPSA) is 3.24 Å². The predicted octanol–water partition coefficient (Wildman–Crippen LogP) is 12.0. The predicted molar refractivity (Wildman–Crippen MR) is 191 cm³/mol. The summed E-state index contributed by atoms with van der Waals surface area (Å²) in [6.45, 7) is 2.03. The molecule has 6 rings (SSSR count). The van der Waals surface area contributed by atoms with Crippen molar-refractivity contribution >= 4 is 16.9 Å². The summed E-state index contributed by atoms with van der Waals surface area (Å²) >= 11 is 0. The zero-order chi connectivity index (χ0) is 30.0. The second-order valence-electron chi connectivity index (χ2n) is 11.5. The van der Waals surface area contributed by atoms with Crippen LogP contribution in [0.4, 0.5) is 11.4 Å². The lowest BCUT2D eigenvalue weighted by Crippen LogP contribution is -2.10. The van der Waals surface area contributed by atoms with Crippen LogP contribution in [0.2, 0.25) is 0 Å². The summed E-state index contributed by atoms with van der Waals surface area (Å²) in [5, 5.41) is 0. The van der Waals surface area contributed by atoms with Gasteiger partial charge in [-0.25, -0.2) is 0 Å². The molecule has 1 nitrogen and oxygen atoms in total. The first-order chi connectivity index (χ1) is 21.8. The van der Waals surface area contributed by atoms with Crippen LogP contribution in [0.25, 0.3) is 16.7 Å². The summed E-state index contributed by atoms with van der Waals surface area (Å²) < 4.78 is 0. The molecular formula is C43H41N. The van der Waals surface area contributed by atoms with Crippen LogP contribution in [0.5, 0.6) is 0 Å². The molecule has 0 N–H and O–H groups in total. The van der Waals surface area contributed by atoms with Gasteiger partial charge in [-0.05, 0) is 108 Å². The monoisotopic (exact) mass is 571 g/mol. The van der Waals surface area contributed by atoms with Crippen molar-refractivity contribution < 1.29 is 0 Å². The molecule has 3 aliphatic carbocycles. The molecule has 1 heteroatoms. The first-order valence-corrected chi connectivity index (χ1v) is 16.0. The van der Waals surface area contributed by atoms with Crippen molar-refractivity contribution in [2.24, 2.45) is 5.92 Å². The number of hydrogen-bond donors (Lipinski definition) is 0. The van der Waals surface area contributed by atoms with Gasteiger partial charge < -0.3 is 4.90 Å². The molecule has 0 heterocycles. The van der Waals surface area contributed by atoms with E-state index in [1.54, 1.807) is 5.57 Å². The average Bonchev–Trinajstić information content (AvgIpc) is 3.11. The van der Waals surface area contributed by atoms with Gasteiger partial charge in [0.05, 0.1) is 0 Å². The SMILES string of the molecule is C\C=C/C=C\C=C\N(c1ccc(C2=CC(C3=C(C4=CC=CCC4)CCC=C3)CC=C2)cc1)c1ccc(-c2ccccc2)cc1. The Morgan fingerprint density at radius 3 is 2.09 bits per heavy atom. The lowest BCUT2D eigenvalue weighted by Gasteiger charge is -2.26. The van der Waals surface area contributed by atoms with Crippen molar-refractivity contribution in [2.75, 3.05) is 4.90 Å². The third kappa shape index (κ3) is 7.01. The maximum atomic E-state index is 2.49. The van der Waals surface area contributed by atoms with E-state index < -0.39 is 0 Å². The Kier molecular flexibility index (Phi) is 9.65. The van der Waals surface area contributed by atoms with Gasteiger partial charge >= 0.3 is 0 Å². The van der Waals surface area contributed by atoms with Crippen molar-refractivity contribution in [1.82, 2.24) is 0 Å². The highest BCUT2D eigenvalue weighted by molar-refractivity contribution is 5.78. The molecule has 0 aliphatic heterocycles. The molecule has 44 heavy (non-hydrogen) atoms. The molecule has 0 amide bonds. The third-order valence-electron chi connectivity index (χ3n) is 8.57. The molecule has 0 saturated carbocycles. The largest absolute Gasteiger partial charge is 0.317 e. The molecule has 3 aromatic carbocycles. The van der Waals surface area contributed by atoms with Gasteiger partial charge in [-0.15, -0.1) is 0 Å². The highest BCUT2D eigenvalue weighted by Crippen LogP contribution is 2.38. The first-order valence-electron chi connectivity index (χ1n) is 16.0. The van der Waals surface area contributed by atoms with Gasteiger partial charge in [-0.1, -0.05) is 128 Å². The molecule has 218 valence electrons. The fourth-order valence-corrected chi connectivity index (χ4v) is 6.28. The third-order valence-corrected chi connectivity index (χ3v) is 8.57. The van der Waals surface area contributed by atoms with Crippen molar-refractivity contribution in [2.45, 2.75) is 39.0 Å². The Morgan fingerprint density at radius 1 is 0.659 bits per heavy atom. The molecule has 0 bridgehead atoms. The number of anilines is 2. The molecule has 3 aliphatic rings. The van der Waals surface area contributed by atoms with Crippen LogP contribution in [-0.2, 0) is 0 Å². The molecule has 0 fully saturated rings. The zero-order valence-corrected chi connectivity index (χ0v) is 25.6. The van der Waals surface area contributed by atoms with Crippen LogP contribution < -0.4 is 4.90 Å². The smallest absolute Gasteiger partial charge is 0.0455 e. The Hall–Kier alpha value is -4.88. The van der Waals surface area contributed by atoms with Crippen molar-refractivity contribution in [1.29, 1.82) is 0 Å². The van der Waals surface area contributed by atoms with Crippen LogP contribution in [0.3, 0.4) is 0 Å². The summed E-state index contributed by atoms with van der Waals surface area (Å²) in [6.07, 6.45) is 36.9. The normalized spacial score (nSPS) is 18.4. The molecule has 1 atom stereocenters. The van der Waals surface area contributed by atoms with Gasteiger partial charge in [-0.3, -0.25) is 0 Å². The average molecular weight is 572 g/mol. The van der Waals surface area contributed by atoms with Gasteiger partial charge in [0.15, 0.2) is 0 Å². The maximum absolute atomic E-state index is 2.49. The van der Waals surface area contributed by atoms with Crippen LogP contribution in [0.1, 0.15) is 44.6 Å². The van der Waals surface area contributed by atoms with Crippen molar-refractivity contribution in [3.8, 4) is 11.1 Å². The van der Waals surface area contributed by atoms with Gasteiger partial charge in [0.25, 0.3) is 0 Å². The number of nitrogens with zero attached hydrogens (tertiary/aromatic N) is 1. The van der Waals surface area contributed by atoms with Crippen LogP contribution in [0, 0.1) is 5.92 Å². The molecule has 0 radical (unpaired) electrons. The summed E-state index contributed by atoms with van der Waals surface area (Å²) in [5.41, 5.74) is 11.9. The molecule has 0 aromatic heterocycles. The number of allylic oxidation sites excluding steroid dienone is 17. The lowest BCUT2D eigenvalue weighted by atomic mass is 9.79. The second-order valence-corrected chi connectivity index (χ2v) is 11.5. The lowest BCUT2D eigenvalue weighted by molar-refractivity contribution is 0.751.